The van der Waals surface area contributed by atoms with Crippen molar-refractivity contribution in [2.75, 3.05) is 6.61 Å². The summed E-state index contributed by atoms with van der Waals surface area (Å²) in [6.07, 6.45) is 6.12. The van der Waals surface area contributed by atoms with Gasteiger partial charge in [0, 0.05) is 4.92 Å². The lowest BCUT2D eigenvalue weighted by Gasteiger charge is -2.31. The fourth-order valence-electron chi connectivity index (χ4n) is 3.39. The molecule has 0 aromatic carbocycles. The number of aliphatic hydroxyl groups is 1. The zero-order valence-corrected chi connectivity index (χ0v) is 9.15. The molecule has 1 heterocycles. The molecule has 3 rings (SSSR count). The van der Waals surface area contributed by atoms with E-state index < -0.39 is 12.1 Å². The molecule has 2 aliphatic rings. The first-order valence-corrected chi connectivity index (χ1v) is 5.67. The maximum Gasteiger partial charge on any atom is 0.261 e. The van der Waals surface area contributed by atoms with Crippen LogP contribution in [-0.4, -0.2) is 22.2 Å². The number of aliphatic hydroxyl groups excluding tert-OH is 1. The number of rotatable bonds is 3. The predicted molar refractivity (Wildman–Crippen MR) is 59.0 cm³/mol. The summed E-state index contributed by atoms with van der Waals surface area (Å²) in [5.41, 5.74) is -1.31. The third-order valence-corrected chi connectivity index (χ3v) is 4.17. The van der Waals surface area contributed by atoms with Gasteiger partial charge in [0.15, 0.2) is 0 Å². The highest BCUT2D eigenvalue weighted by atomic mass is 16.6. The van der Waals surface area contributed by atoms with E-state index in [-0.39, 0.29) is 22.7 Å². The molecule has 0 unspecified atom stereocenters. The minimum Gasteiger partial charge on any atom is -0.469 e. The summed E-state index contributed by atoms with van der Waals surface area (Å²) in [4.78, 5) is 11.1. The van der Waals surface area contributed by atoms with Gasteiger partial charge in [-0.05, 0) is 24.5 Å². The van der Waals surface area contributed by atoms with Crippen molar-refractivity contribution >= 4 is 0 Å². The third-order valence-electron chi connectivity index (χ3n) is 4.17. The van der Waals surface area contributed by atoms with Crippen LogP contribution in [0.2, 0.25) is 0 Å². The molecule has 0 amide bonds. The highest BCUT2D eigenvalue weighted by Gasteiger charge is 2.66. The Hall–Kier alpha value is -1.62. The molecule has 2 aliphatic carbocycles. The summed E-state index contributed by atoms with van der Waals surface area (Å²) in [7, 11) is 0. The molecular formula is C12H13NO4. The molecule has 90 valence electrons. The van der Waals surface area contributed by atoms with Crippen LogP contribution in [0.15, 0.2) is 35.0 Å². The minimum absolute atomic E-state index is 0.101. The van der Waals surface area contributed by atoms with Gasteiger partial charge in [0.25, 0.3) is 5.54 Å². The zero-order chi connectivity index (χ0) is 12.0. The first kappa shape index (κ1) is 10.5. The van der Waals surface area contributed by atoms with E-state index in [1.807, 2.05) is 12.2 Å². The molecular weight excluding hydrogens is 222 g/mol. The number of nitro groups is 1. The van der Waals surface area contributed by atoms with Gasteiger partial charge in [0.1, 0.15) is 12.4 Å². The Labute approximate surface area is 97.9 Å². The van der Waals surface area contributed by atoms with Crippen LogP contribution in [0.3, 0.4) is 0 Å². The largest absolute Gasteiger partial charge is 0.469 e. The predicted octanol–water partition coefficient (Wildman–Crippen LogP) is 1.58. The normalized spacial score (nSPS) is 38.8. The van der Waals surface area contributed by atoms with Gasteiger partial charge in [0.2, 0.25) is 0 Å². The van der Waals surface area contributed by atoms with Crippen molar-refractivity contribution in [3.05, 3.63) is 46.4 Å². The summed E-state index contributed by atoms with van der Waals surface area (Å²) in [5.74, 6) is 0.159. The van der Waals surface area contributed by atoms with Gasteiger partial charge in [-0.25, -0.2) is 0 Å². The molecule has 1 aromatic heterocycles. The Morgan fingerprint density at radius 3 is 3.00 bits per heavy atom. The van der Waals surface area contributed by atoms with E-state index in [9.17, 15) is 15.2 Å². The van der Waals surface area contributed by atoms with E-state index >= 15 is 0 Å². The van der Waals surface area contributed by atoms with Gasteiger partial charge in [0.05, 0.1) is 18.1 Å². The molecule has 0 radical (unpaired) electrons. The van der Waals surface area contributed by atoms with Crippen LogP contribution >= 0.6 is 0 Å². The summed E-state index contributed by atoms with van der Waals surface area (Å²) in [5, 5.41) is 21.0. The van der Waals surface area contributed by atoms with E-state index in [1.165, 1.54) is 6.26 Å². The van der Waals surface area contributed by atoms with Gasteiger partial charge >= 0.3 is 0 Å². The molecule has 0 saturated heterocycles. The molecule has 2 bridgehead atoms. The molecule has 0 spiro atoms. The fraction of sp³-hybridized carbons (Fsp3) is 0.500. The number of allylic oxidation sites excluding steroid dienone is 1. The Kier molecular flexibility index (Phi) is 2.13. The zero-order valence-electron chi connectivity index (χ0n) is 9.15. The van der Waals surface area contributed by atoms with Crippen molar-refractivity contribution in [1.29, 1.82) is 0 Å². The van der Waals surface area contributed by atoms with Crippen molar-refractivity contribution in [3.8, 4) is 0 Å². The SMILES string of the molecule is O=[N+]([O-])[C@]1(CO)[C@@H]2C=C[C@@H](C2)[C@@H]1c1ccco1. The van der Waals surface area contributed by atoms with Crippen LogP contribution in [0.25, 0.3) is 0 Å². The second kappa shape index (κ2) is 3.43. The van der Waals surface area contributed by atoms with Crippen LogP contribution in [0.5, 0.6) is 0 Å². The van der Waals surface area contributed by atoms with Crippen molar-refractivity contribution in [1.82, 2.24) is 0 Å². The van der Waals surface area contributed by atoms with E-state index in [2.05, 4.69) is 0 Å². The minimum atomic E-state index is -1.31. The molecule has 5 heteroatoms. The molecule has 4 atom stereocenters. The summed E-state index contributed by atoms with van der Waals surface area (Å²) >= 11 is 0. The average molecular weight is 235 g/mol. The van der Waals surface area contributed by atoms with E-state index in [0.717, 1.165) is 6.42 Å². The fourth-order valence-corrected chi connectivity index (χ4v) is 3.39. The number of nitrogens with zero attached hydrogens (tertiary/aromatic N) is 1. The quantitative estimate of drug-likeness (QED) is 0.490. The molecule has 5 nitrogen and oxygen atoms in total. The van der Waals surface area contributed by atoms with Crippen molar-refractivity contribution in [2.45, 2.75) is 17.9 Å². The van der Waals surface area contributed by atoms with Crippen LogP contribution in [0.4, 0.5) is 0 Å². The maximum atomic E-state index is 11.4. The Morgan fingerprint density at radius 1 is 1.59 bits per heavy atom. The van der Waals surface area contributed by atoms with Gasteiger partial charge < -0.3 is 9.52 Å². The summed E-state index contributed by atoms with van der Waals surface area (Å²) < 4.78 is 5.33. The number of furan rings is 1. The van der Waals surface area contributed by atoms with E-state index in [4.69, 9.17) is 4.42 Å². The van der Waals surface area contributed by atoms with E-state index in [1.54, 1.807) is 12.1 Å². The number of hydrogen-bond donors (Lipinski definition) is 1. The second-order valence-electron chi connectivity index (χ2n) is 4.79. The third kappa shape index (κ3) is 1.17. The Bertz CT molecular complexity index is 467. The van der Waals surface area contributed by atoms with Crippen molar-refractivity contribution in [2.24, 2.45) is 11.8 Å². The van der Waals surface area contributed by atoms with Crippen LogP contribution in [0.1, 0.15) is 18.1 Å². The molecule has 1 fully saturated rings. The first-order chi connectivity index (χ1) is 8.20. The van der Waals surface area contributed by atoms with Crippen LogP contribution in [-0.2, 0) is 0 Å². The highest BCUT2D eigenvalue weighted by molar-refractivity contribution is 5.29. The lowest BCUT2D eigenvalue weighted by atomic mass is 9.75. The summed E-state index contributed by atoms with van der Waals surface area (Å²) in [6.45, 7) is -0.448. The van der Waals surface area contributed by atoms with Gasteiger partial charge in [-0.15, -0.1) is 0 Å². The molecule has 1 N–H and O–H groups in total. The van der Waals surface area contributed by atoms with Crippen molar-refractivity contribution in [3.63, 3.8) is 0 Å². The van der Waals surface area contributed by atoms with Gasteiger partial charge in [-0.2, -0.15) is 0 Å². The lowest BCUT2D eigenvalue weighted by molar-refractivity contribution is -0.583. The topological polar surface area (TPSA) is 76.5 Å². The van der Waals surface area contributed by atoms with Crippen LogP contribution < -0.4 is 0 Å². The maximum absolute atomic E-state index is 11.4. The monoisotopic (exact) mass is 235 g/mol. The second-order valence-corrected chi connectivity index (χ2v) is 4.79. The Morgan fingerprint density at radius 2 is 2.41 bits per heavy atom. The average Bonchev–Trinajstić information content (AvgIpc) is 3.02. The molecule has 17 heavy (non-hydrogen) atoms. The highest BCUT2D eigenvalue weighted by Crippen LogP contribution is 2.56. The van der Waals surface area contributed by atoms with Crippen LogP contribution in [0, 0.1) is 22.0 Å². The number of fused-ring (bicyclic) bond motifs is 2. The first-order valence-electron chi connectivity index (χ1n) is 5.67. The smallest absolute Gasteiger partial charge is 0.261 e. The van der Waals surface area contributed by atoms with E-state index in [0.29, 0.717) is 5.76 Å². The standard InChI is InChI=1S/C12H13NO4/c14-7-12(13(15)16)9-4-3-8(6-9)11(12)10-2-1-5-17-10/h1-5,8-9,11,14H,6-7H2/t8-,9+,11+,12+/m0/s1. The molecule has 0 aliphatic heterocycles. The molecule has 1 aromatic rings. The lowest BCUT2D eigenvalue weighted by Crippen LogP contribution is -2.50. The summed E-state index contributed by atoms with van der Waals surface area (Å²) in [6, 6.07) is 3.49. The van der Waals surface area contributed by atoms with Crippen molar-refractivity contribution < 1.29 is 14.4 Å². The number of hydrogen-bond acceptors (Lipinski definition) is 4. The van der Waals surface area contributed by atoms with Gasteiger partial charge in [-0.1, -0.05) is 12.2 Å². The molecule has 1 saturated carbocycles. The van der Waals surface area contributed by atoms with Gasteiger partial charge in [-0.3, -0.25) is 10.1 Å². The Balaban J connectivity index is 2.12.